The second kappa shape index (κ2) is 11.1. The first kappa shape index (κ1) is 23.2. The van der Waals surface area contributed by atoms with Gasteiger partial charge in [-0.15, -0.1) is 24.0 Å². The molecule has 3 atom stereocenters. The zero-order valence-corrected chi connectivity index (χ0v) is 18.7. The van der Waals surface area contributed by atoms with Gasteiger partial charge >= 0.3 is 0 Å². The van der Waals surface area contributed by atoms with E-state index in [0.29, 0.717) is 17.6 Å². The number of guanidine groups is 1. The maximum Gasteiger partial charge on any atom is 0.191 e. The Hall–Kier alpha value is -0.800. The smallest absolute Gasteiger partial charge is 0.191 e. The van der Waals surface area contributed by atoms with Crippen LogP contribution in [0.25, 0.3) is 0 Å². The molecule has 0 saturated carbocycles. The number of aliphatic hydroxyl groups is 1. The first-order valence-electron chi connectivity index (χ1n) is 9.27. The number of nitrogens with one attached hydrogen (secondary N) is 2. The van der Waals surface area contributed by atoms with Crippen molar-refractivity contribution in [2.24, 2.45) is 16.3 Å². The zero-order valence-electron chi connectivity index (χ0n) is 16.3. The van der Waals surface area contributed by atoms with Crippen LogP contribution in [0.5, 0.6) is 0 Å². The van der Waals surface area contributed by atoms with Gasteiger partial charge in [0.2, 0.25) is 0 Å². The predicted molar refractivity (Wildman–Crippen MR) is 115 cm³/mol. The molecule has 1 fully saturated rings. The van der Waals surface area contributed by atoms with E-state index in [1.165, 1.54) is 0 Å². The lowest BCUT2D eigenvalue weighted by Crippen LogP contribution is -2.47. The van der Waals surface area contributed by atoms with Crippen molar-refractivity contribution in [3.63, 3.8) is 0 Å². The number of aliphatic hydroxyl groups excluding tert-OH is 1. The highest BCUT2D eigenvalue weighted by Crippen LogP contribution is 2.33. The van der Waals surface area contributed by atoms with Crippen molar-refractivity contribution in [3.05, 3.63) is 24.2 Å². The number of halogens is 1. The minimum atomic E-state index is -0.731. The largest absolute Gasteiger partial charge is 0.467 e. The zero-order chi connectivity index (χ0) is 18.3. The summed E-state index contributed by atoms with van der Waals surface area (Å²) in [5.41, 5.74) is 0.123. The molecule has 6 nitrogen and oxygen atoms in total. The van der Waals surface area contributed by atoms with Gasteiger partial charge in [-0.3, -0.25) is 4.99 Å². The molecular weight excluding hydrogens is 445 g/mol. The fourth-order valence-electron chi connectivity index (χ4n) is 3.33. The second-order valence-corrected chi connectivity index (χ2v) is 7.69. The Bertz CT molecular complexity index is 529. The van der Waals surface area contributed by atoms with Gasteiger partial charge in [-0.2, -0.15) is 0 Å². The van der Waals surface area contributed by atoms with Crippen LogP contribution in [0.15, 0.2) is 27.8 Å². The SMILES string of the molecule is CCNC(=NCC(O)c1ccco1)NCC1CCCOC1C(C)(C)C.I. The molecule has 3 unspecified atom stereocenters. The van der Waals surface area contributed by atoms with E-state index >= 15 is 0 Å². The summed E-state index contributed by atoms with van der Waals surface area (Å²) in [6.07, 6.45) is 3.32. The molecule has 26 heavy (non-hydrogen) atoms. The van der Waals surface area contributed by atoms with E-state index in [-0.39, 0.29) is 42.0 Å². The fraction of sp³-hybridized carbons (Fsp3) is 0.737. The van der Waals surface area contributed by atoms with Crippen LogP contribution < -0.4 is 10.6 Å². The van der Waals surface area contributed by atoms with Gasteiger partial charge in [-0.05, 0) is 37.3 Å². The highest BCUT2D eigenvalue weighted by molar-refractivity contribution is 14.0. The molecule has 0 spiro atoms. The van der Waals surface area contributed by atoms with Crippen molar-refractivity contribution >= 4 is 29.9 Å². The van der Waals surface area contributed by atoms with Gasteiger partial charge in [0.25, 0.3) is 0 Å². The number of furan rings is 1. The summed E-state index contributed by atoms with van der Waals surface area (Å²) in [7, 11) is 0. The standard InChI is InChI=1S/C19H33N3O3.HI/c1-5-20-18(22-13-15(23)16-9-7-10-24-16)21-12-14-8-6-11-25-17(14)19(2,3)4;/h7,9-10,14-15,17,23H,5-6,8,11-13H2,1-4H3,(H2,20,21,22);1H. The highest BCUT2D eigenvalue weighted by atomic mass is 127. The summed E-state index contributed by atoms with van der Waals surface area (Å²) in [6, 6.07) is 3.52. The minimum absolute atomic E-state index is 0. The lowest BCUT2D eigenvalue weighted by atomic mass is 9.78. The van der Waals surface area contributed by atoms with E-state index in [0.717, 1.165) is 32.5 Å². The number of hydrogen-bond acceptors (Lipinski definition) is 4. The Kier molecular flexibility index (Phi) is 9.95. The molecule has 1 aromatic heterocycles. The molecule has 0 aliphatic carbocycles. The Morgan fingerprint density at radius 2 is 2.15 bits per heavy atom. The Morgan fingerprint density at radius 1 is 1.38 bits per heavy atom. The summed E-state index contributed by atoms with van der Waals surface area (Å²) in [4.78, 5) is 4.48. The first-order chi connectivity index (χ1) is 11.9. The van der Waals surface area contributed by atoms with Crippen molar-refractivity contribution in [2.45, 2.75) is 52.7 Å². The van der Waals surface area contributed by atoms with Gasteiger partial charge in [0.05, 0.1) is 18.9 Å². The molecule has 7 heteroatoms. The van der Waals surface area contributed by atoms with Gasteiger partial charge in [0, 0.05) is 25.6 Å². The number of rotatable bonds is 6. The van der Waals surface area contributed by atoms with Crippen molar-refractivity contribution in [2.75, 3.05) is 26.2 Å². The predicted octanol–water partition coefficient (Wildman–Crippen LogP) is 3.33. The van der Waals surface area contributed by atoms with Crippen LogP contribution in [0.3, 0.4) is 0 Å². The molecule has 2 rings (SSSR count). The molecule has 0 amide bonds. The van der Waals surface area contributed by atoms with E-state index < -0.39 is 6.10 Å². The van der Waals surface area contributed by atoms with Crippen LogP contribution in [0, 0.1) is 11.3 Å². The van der Waals surface area contributed by atoms with E-state index in [4.69, 9.17) is 9.15 Å². The number of ether oxygens (including phenoxy) is 1. The first-order valence-corrected chi connectivity index (χ1v) is 9.27. The van der Waals surface area contributed by atoms with E-state index in [9.17, 15) is 5.11 Å². The van der Waals surface area contributed by atoms with Gasteiger partial charge < -0.3 is 24.9 Å². The second-order valence-electron chi connectivity index (χ2n) is 7.69. The lowest BCUT2D eigenvalue weighted by molar-refractivity contribution is -0.0835. The van der Waals surface area contributed by atoms with E-state index in [1.807, 2.05) is 6.92 Å². The maximum absolute atomic E-state index is 10.1. The molecule has 3 N–H and O–H groups in total. The summed E-state index contributed by atoms with van der Waals surface area (Å²) >= 11 is 0. The number of hydrogen-bond donors (Lipinski definition) is 3. The quantitative estimate of drug-likeness (QED) is 0.332. The minimum Gasteiger partial charge on any atom is -0.467 e. The molecule has 0 bridgehead atoms. The van der Waals surface area contributed by atoms with E-state index in [1.54, 1.807) is 18.4 Å². The van der Waals surface area contributed by atoms with Gasteiger partial charge in [0.1, 0.15) is 11.9 Å². The average molecular weight is 479 g/mol. The Balaban J connectivity index is 0.00000338. The van der Waals surface area contributed by atoms with Gasteiger partial charge in [-0.1, -0.05) is 20.8 Å². The fourth-order valence-corrected chi connectivity index (χ4v) is 3.33. The van der Waals surface area contributed by atoms with Crippen LogP contribution in [-0.4, -0.2) is 43.4 Å². The summed E-state index contributed by atoms with van der Waals surface area (Å²) in [5.74, 6) is 1.70. The third kappa shape index (κ3) is 7.08. The Labute approximate surface area is 174 Å². The molecule has 0 aromatic carbocycles. The number of nitrogens with zero attached hydrogens (tertiary/aromatic N) is 1. The normalized spacial score (nSPS) is 22.4. The van der Waals surface area contributed by atoms with Crippen molar-refractivity contribution in [1.82, 2.24) is 10.6 Å². The van der Waals surface area contributed by atoms with Crippen molar-refractivity contribution in [1.29, 1.82) is 0 Å². The average Bonchev–Trinajstić information content (AvgIpc) is 3.11. The molecule has 1 aromatic rings. The van der Waals surface area contributed by atoms with Gasteiger partial charge in [-0.25, -0.2) is 0 Å². The number of aliphatic imine (C=N–C) groups is 1. The topological polar surface area (TPSA) is 79.0 Å². The van der Waals surface area contributed by atoms with Crippen molar-refractivity contribution < 1.29 is 14.3 Å². The lowest BCUT2D eigenvalue weighted by Gasteiger charge is -2.40. The summed E-state index contributed by atoms with van der Waals surface area (Å²) in [6.45, 7) is 11.4. The van der Waals surface area contributed by atoms with Crippen molar-refractivity contribution in [3.8, 4) is 0 Å². The van der Waals surface area contributed by atoms with Crippen LogP contribution in [0.4, 0.5) is 0 Å². The third-order valence-corrected chi connectivity index (χ3v) is 4.47. The summed E-state index contributed by atoms with van der Waals surface area (Å²) < 4.78 is 11.3. The van der Waals surface area contributed by atoms with Crippen LogP contribution in [0.1, 0.15) is 52.4 Å². The van der Waals surface area contributed by atoms with Crippen LogP contribution in [-0.2, 0) is 4.74 Å². The highest BCUT2D eigenvalue weighted by Gasteiger charge is 2.35. The third-order valence-electron chi connectivity index (χ3n) is 4.47. The maximum atomic E-state index is 10.1. The molecule has 0 radical (unpaired) electrons. The van der Waals surface area contributed by atoms with Crippen LogP contribution >= 0.6 is 24.0 Å². The van der Waals surface area contributed by atoms with Gasteiger partial charge in [0.15, 0.2) is 5.96 Å². The van der Waals surface area contributed by atoms with Crippen LogP contribution in [0.2, 0.25) is 0 Å². The van der Waals surface area contributed by atoms with E-state index in [2.05, 4.69) is 36.4 Å². The summed E-state index contributed by atoms with van der Waals surface area (Å²) in [5, 5.41) is 16.8. The Morgan fingerprint density at radius 3 is 2.77 bits per heavy atom. The molecule has 1 aliphatic rings. The molecule has 150 valence electrons. The monoisotopic (exact) mass is 479 g/mol. The molecular formula is C19H34IN3O3. The molecule has 2 heterocycles. The molecule has 1 saturated heterocycles. The molecule has 1 aliphatic heterocycles.